The highest BCUT2D eigenvalue weighted by atomic mass is 19.1. The average Bonchev–Trinajstić information content (AvgIpc) is 2.72. The Morgan fingerprint density at radius 1 is 1.07 bits per heavy atom. The molecule has 3 rings (SSSR count). The zero-order valence-corrected chi connectivity index (χ0v) is 15.6. The van der Waals surface area contributed by atoms with E-state index in [1.807, 2.05) is 4.90 Å². The third-order valence-corrected chi connectivity index (χ3v) is 4.71. The number of hydrogen-bond acceptors (Lipinski definition) is 5. The van der Waals surface area contributed by atoms with Crippen molar-refractivity contribution in [2.24, 2.45) is 0 Å². The first kappa shape index (κ1) is 19.5. The Kier molecular flexibility index (Phi) is 6.03. The van der Waals surface area contributed by atoms with E-state index in [0.717, 1.165) is 6.29 Å². The van der Waals surface area contributed by atoms with Gasteiger partial charge < -0.3 is 14.5 Å². The Balaban J connectivity index is 1.52. The van der Waals surface area contributed by atoms with E-state index in [1.165, 1.54) is 13.0 Å². The van der Waals surface area contributed by atoms with Crippen LogP contribution in [0.2, 0.25) is 0 Å². The predicted molar refractivity (Wildman–Crippen MR) is 103 cm³/mol. The largest absolute Gasteiger partial charge is 0.484 e. The number of halogens is 1. The summed E-state index contributed by atoms with van der Waals surface area (Å²) in [5, 5.41) is 0. The molecular formula is C21H21FN2O4. The Hall–Kier alpha value is -3.22. The molecule has 2 aromatic carbocycles. The van der Waals surface area contributed by atoms with E-state index < -0.39 is 5.82 Å². The lowest BCUT2D eigenvalue weighted by molar-refractivity contribution is -0.133. The van der Waals surface area contributed by atoms with Crippen molar-refractivity contribution >= 4 is 23.7 Å². The molecule has 1 aliphatic heterocycles. The minimum Gasteiger partial charge on any atom is -0.484 e. The van der Waals surface area contributed by atoms with Crippen LogP contribution in [-0.2, 0) is 4.79 Å². The summed E-state index contributed by atoms with van der Waals surface area (Å²) in [4.78, 5) is 37.9. The highest BCUT2D eigenvalue weighted by Crippen LogP contribution is 2.22. The van der Waals surface area contributed by atoms with Crippen LogP contribution in [0, 0.1) is 5.82 Å². The molecule has 0 N–H and O–H groups in total. The standard InChI is InChI=1S/C21H21FN2O4/c1-15(26)17-4-7-20(19(22)12-17)23-8-10-24(11-9-23)21(27)14-28-18-5-2-16(13-25)3-6-18/h2-7,12-13H,8-11,14H2,1H3. The number of carbonyl (C=O) groups is 3. The molecule has 0 aliphatic carbocycles. The normalized spacial score (nSPS) is 13.9. The number of benzene rings is 2. The maximum atomic E-state index is 14.3. The first-order valence-electron chi connectivity index (χ1n) is 8.99. The molecule has 0 spiro atoms. The molecule has 0 aromatic heterocycles. The van der Waals surface area contributed by atoms with Crippen LogP contribution in [0.25, 0.3) is 0 Å². The van der Waals surface area contributed by atoms with Crippen LogP contribution in [0.3, 0.4) is 0 Å². The molecule has 1 amide bonds. The lowest BCUT2D eigenvalue weighted by Crippen LogP contribution is -2.50. The maximum absolute atomic E-state index is 14.3. The number of carbonyl (C=O) groups excluding carboxylic acids is 3. The highest BCUT2D eigenvalue weighted by molar-refractivity contribution is 5.94. The van der Waals surface area contributed by atoms with E-state index in [2.05, 4.69) is 0 Å². The lowest BCUT2D eigenvalue weighted by Gasteiger charge is -2.36. The molecular weight excluding hydrogens is 363 g/mol. The van der Waals surface area contributed by atoms with Crippen molar-refractivity contribution in [3.8, 4) is 5.75 Å². The van der Waals surface area contributed by atoms with E-state index in [4.69, 9.17) is 4.74 Å². The summed E-state index contributed by atoms with van der Waals surface area (Å²) in [6, 6.07) is 11.0. The molecule has 1 fully saturated rings. The fraction of sp³-hybridized carbons (Fsp3) is 0.286. The van der Waals surface area contributed by atoms with Gasteiger partial charge in [-0.2, -0.15) is 0 Å². The average molecular weight is 384 g/mol. The van der Waals surface area contributed by atoms with Crippen molar-refractivity contribution in [3.05, 3.63) is 59.4 Å². The molecule has 2 aromatic rings. The molecule has 6 nitrogen and oxygen atoms in total. The smallest absolute Gasteiger partial charge is 0.260 e. The number of ether oxygens (including phenoxy) is 1. The summed E-state index contributed by atoms with van der Waals surface area (Å²) < 4.78 is 19.8. The van der Waals surface area contributed by atoms with Crippen molar-refractivity contribution in [2.45, 2.75) is 6.92 Å². The number of Topliss-reactive ketones (excluding diaryl/α,β-unsaturated/α-hetero) is 1. The molecule has 0 radical (unpaired) electrons. The molecule has 1 aliphatic rings. The van der Waals surface area contributed by atoms with E-state index in [9.17, 15) is 18.8 Å². The quantitative estimate of drug-likeness (QED) is 0.566. The first-order chi connectivity index (χ1) is 13.5. The summed E-state index contributed by atoms with van der Waals surface area (Å²) in [6.07, 6.45) is 0.741. The van der Waals surface area contributed by atoms with Crippen LogP contribution in [0.4, 0.5) is 10.1 Å². The molecule has 0 atom stereocenters. The SMILES string of the molecule is CC(=O)c1ccc(N2CCN(C(=O)COc3ccc(C=O)cc3)CC2)c(F)c1. The Morgan fingerprint density at radius 3 is 2.32 bits per heavy atom. The molecule has 0 bridgehead atoms. The van der Waals surface area contributed by atoms with E-state index in [1.54, 1.807) is 41.3 Å². The van der Waals surface area contributed by atoms with E-state index in [-0.39, 0.29) is 18.3 Å². The van der Waals surface area contributed by atoms with Gasteiger partial charge in [-0.3, -0.25) is 14.4 Å². The van der Waals surface area contributed by atoms with Gasteiger partial charge in [-0.15, -0.1) is 0 Å². The van der Waals surface area contributed by atoms with E-state index >= 15 is 0 Å². The molecule has 0 saturated carbocycles. The Morgan fingerprint density at radius 2 is 1.75 bits per heavy atom. The third-order valence-electron chi connectivity index (χ3n) is 4.71. The van der Waals surface area contributed by atoms with Crippen LogP contribution in [0.5, 0.6) is 5.75 Å². The Labute approximate surface area is 162 Å². The summed E-state index contributed by atoms with van der Waals surface area (Å²) in [5.41, 5.74) is 1.32. The van der Waals surface area contributed by atoms with Gasteiger partial charge in [0.1, 0.15) is 17.9 Å². The van der Waals surface area contributed by atoms with Crippen LogP contribution < -0.4 is 9.64 Å². The minimum absolute atomic E-state index is 0.0951. The number of ketones is 1. The number of rotatable bonds is 6. The third kappa shape index (κ3) is 4.54. The summed E-state index contributed by atoms with van der Waals surface area (Å²) in [6.45, 7) is 3.21. The van der Waals surface area contributed by atoms with Crippen molar-refractivity contribution in [2.75, 3.05) is 37.7 Å². The molecule has 1 saturated heterocycles. The molecule has 7 heteroatoms. The summed E-state index contributed by atoms with van der Waals surface area (Å²) in [5.74, 6) is -0.243. The summed E-state index contributed by atoms with van der Waals surface area (Å²) in [7, 11) is 0. The molecule has 1 heterocycles. The number of amides is 1. The molecule has 0 unspecified atom stereocenters. The number of aldehydes is 1. The topological polar surface area (TPSA) is 66.9 Å². The van der Waals surface area contributed by atoms with Gasteiger partial charge in [0.15, 0.2) is 12.4 Å². The first-order valence-corrected chi connectivity index (χ1v) is 8.99. The molecule has 146 valence electrons. The second-order valence-electron chi connectivity index (χ2n) is 6.57. The highest BCUT2D eigenvalue weighted by Gasteiger charge is 2.23. The van der Waals surface area contributed by atoms with Crippen molar-refractivity contribution in [1.29, 1.82) is 0 Å². The lowest BCUT2D eigenvalue weighted by atomic mass is 10.1. The molecule has 28 heavy (non-hydrogen) atoms. The van der Waals surface area contributed by atoms with Gasteiger partial charge >= 0.3 is 0 Å². The monoisotopic (exact) mass is 384 g/mol. The predicted octanol–water partition coefficient (Wildman–Crippen LogP) is 2.57. The Bertz CT molecular complexity index is 874. The van der Waals surface area contributed by atoms with Gasteiger partial charge in [-0.05, 0) is 49.4 Å². The van der Waals surface area contributed by atoms with Gasteiger partial charge in [-0.25, -0.2) is 4.39 Å². The van der Waals surface area contributed by atoms with Crippen LogP contribution in [-0.4, -0.2) is 55.7 Å². The second-order valence-corrected chi connectivity index (χ2v) is 6.57. The number of nitrogens with zero attached hydrogens (tertiary/aromatic N) is 2. The second kappa shape index (κ2) is 8.65. The maximum Gasteiger partial charge on any atom is 0.260 e. The number of anilines is 1. The van der Waals surface area contributed by atoms with Gasteiger partial charge in [0.2, 0.25) is 0 Å². The number of hydrogen-bond donors (Lipinski definition) is 0. The van der Waals surface area contributed by atoms with Crippen LogP contribution in [0.1, 0.15) is 27.6 Å². The fourth-order valence-corrected chi connectivity index (χ4v) is 3.06. The van der Waals surface area contributed by atoms with Crippen molar-refractivity contribution < 1.29 is 23.5 Å². The zero-order valence-electron chi connectivity index (χ0n) is 15.6. The number of piperazine rings is 1. The van der Waals surface area contributed by atoms with Crippen LogP contribution in [0.15, 0.2) is 42.5 Å². The fourth-order valence-electron chi connectivity index (χ4n) is 3.06. The summed E-state index contributed by atoms with van der Waals surface area (Å²) >= 11 is 0. The van der Waals surface area contributed by atoms with Gasteiger partial charge in [0, 0.05) is 37.3 Å². The van der Waals surface area contributed by atoms with Gasteiger partial charge in [0.25, 0.3) is 5.91 Å². The van der Waals surface area contributed by atoms with E-state index in [0.29, 0.717) is 48.7 Å². The van der Waals surface area contributed by atoms with Crippen molar-refractivity contribution in [1.82, 2.24) is 4.90 Å². The van der Waals surface area contributed by atoms with Gasteiger partial charge in [0.05, 0.1) is 5.69 Å². The van der Waals surface area contributed by atoms with Crippen molar-refractivity contribution in [3.63, 3.8) is 0 Å². The van der Waals surface area contributed by atoms with Gasteiger partial charge in [-0.1, -0.05) is 0 Å². The van der Waals surface area contributed by atoms with Crippen LogP contribution >= 0.6 is 0 Å². The zero-order chi connectivity index (χ0) is 20.1. The minimum atomic E-state index is -0.436.